The minimum absolute atomic E-state index is 0.113. The lowest BCUT2D eigenvalue weighted by molar-refractivity contribution is 0.660. The smallest absolute Gasteiger partial charge is 0.143 e. The van der Waals surface area contributed by atoms with Crippen LogP contribution in [0.4, 0.5) is 17.1 Å². The zero-order chi connectivity index (χ0) is 40.0. The fourth-order valence-electron chi connectivity index (χ4n) is 9.79. The number of benzene rings is 9. The number of fused-ring (bicyclic) bond motifs is 9. The maximum atomic E-state index is 6.96. The number of hydrogen-bond donors (Lipinski definition) is 0. The number of hydrogen-bond acceptors (Lipinski definition) is 3. The third-order valence-electron chi connectivity index (χ3n) is 12.7. The summed E-state index contributed by atoms with van der Waals surface area (Å²) in [7, 11) is 0. The third-order valence-corrected chi connectivity index (χ3v) is 12.7. The van der Waals surface area contributed by atoms with Gasteiger partial charge in [0.05, 0.1) is 5.69 Å². The molecule has 0 radical (unpaired) electrons. The molecule has 0 bridgehead atoms. The van der Waals surface area contributed by atoms with E-state index in [9.17, 15) is 0 Å². The monoisotopic (exact) mass is 769 g/mol. The van der Waals surface area contributed by atoms with Gasteiger partial charge in [0.2, 0.25) is 0 Å². The first-order valence-corrected chi connectivity index (χ1v) is 20.7. The van der Waals surface area contributed by atoms with Crippen molar-refractivity contribution in [1.29, 1.82) is 0 Å². The zero-order valence-corrected chi connectivity index (χ0v) is 33.3. The molecule has 0 saturated heterocycles. The molecular weight excluding hydrogens is 731 g/mol. The fourth-order valence-corrected chi connectivity index (χ4v) is 9.79. The predicted molar refractivity (Wildman–Crippen MR) is 250 cm³/mol. The van der Waals surface area contributed by atoms with Gasteiger partial charge in [0, 0.05) is 60.6 Å². The van der Waals surface area contributed by atoms with Crippen molar-refractivity contribution >= 4 is 60.9 Å². The standard InChI is InChI=1S/C57H39NO2/c1-57(2)49-24-8-6-17-48(49)53-50(57)25-13-26-51(53)58(39-32-28-37(29-33-39)36-14-4-3-5-15-36)40-34-30-38(31-35-40)41-18-10-20-44-46-22-12-23-47(56(46)60-54(41)44)45-21-11-19-43-42-16-7-9-27-52(42)59-55(43)45/h3-35H,1-2H3. The normalized spacial score (nSPS) is 13.0. The highest BCUT2D eigenvalue weighted by Gasteiger charge is 2.37. The highest BCUT2D eigenvalue weighted by Crippen LogP contribution is 2.54. The van der Waals surface area contributed by atoms with Crippen molar-refractivity contribution in [2.24, 2.45) is 0 Å². The van der Waals surface area contributed by atoms with Gasteiger partial charge < -0.3 is 13.7 Å². The van der Waals surface area contributed by atoms with E-state index < -0.39 is 0 Å². The van der Waals surface area contributed by atoms with Crippen LogP contribution in [0, 0.1) is 0 Å². The molecule has 0 atom stereocenters. The Balaban J connectivity index is 0.992. The molecule has 3 heteroatoms. The van der Waals surface area contributed by atoms with Crippen LogP contribution in [0.15, 0.2) is 209 Å². The highest BCUT2D eigenvalue weighted by atomic mass is 16.3. The molecule has 0 unspecified atom stereocenters. The van der Waals surface area contributed by atoms with E-state index in [1.54, 1.807) is 0 Å². The van der Waals surface area contributed by atoms with Crippen LogP contribution < -0.4 is 4.90 Å². The Hall–Kier alpha value is -7.62. The molecule has 1 aliphatic rings. The Morgan fingerprint density at radius 1 is 0.350 bits per heavy atom. The molecule has 0 aliphatic heterocycles. The summed E-state index contributed by atoms with van der Waals surface area (Å²) in [6, 6.07) is 71.7. The minimum atomic E-state index is -0.113. The SMILES string of the molecule is CC1(C)c2ccccc2-c2c(N(c3ccc(-c4ccccc4)cc3)c3ccc(-c4cccc5c4oc4c(-c6cccc7c6oc6ccccc67)cccc45)cc3)cccc21. The van der Waals surface area contributed by atoms with Crippen molar-refractivity contribution in [3.63, 3.8) is 0 Å². The van der Waals surface area contributed by atoms with Crippen LogP contribution in [0.5, 0.6) is 0 Å². The van der Waals surface area contributed by atoms with Crippen LogP contribution in [-0.4, -0.2) is 0 Å². The van der Waals surface area contributed by atoms with Crippen LogP contribution in [-0.2, 0) is 5.41 Å². The molecule has 0 saturated carbocycles. The molecule has 9 aromatic carbocycles. The summed E-state index contributed by atoms with van der Waals surface area (Å²) in [4.78, 5) is 2.42. The summed E-state index contributed by atoms with van der Waals surface area (Å²) in [5.74, 6) is 0. The maximum absolute atomic E-state index is 6.96. The van der Waals surface area contributed by atoms with Crippen LogP contribution in [0.2, 0.25) is 0 Å². The Morgan fingerprint density at radius 2 is 0.833 bits per heavy atom. The molecule has 2 heterocycles. The van der Waals surface area contributed by atoms with E-state index in [-0.39, 0.29) is 5.41 Å². The van der Waals surface area contributed by atoms with Crippen LogP contribution >= 0.6 is 0 Å². The zero-order valence-electron chi connectivity index (χ0n) is 33.3. The quantitative estimate of drug-likeness (QED) is 0.169. The molecule has 0 fully saturated rings. The van der Waals surface area contributed by atoms with Gasteiger partial charge in [0.1, 0.15) is 22.3 Å². The van der Waals surface area contributed by atoms with Gasteiger partial charge in [-0.2, -0.15) is 0 Å². The fraction of sp³-hybridized carbons (Fsp3) is 0.0526. The molecule has 0 amide bonds. The molecule has 60 heavy (non-hydrogen) atoms. The van der Waals surface area contributed by atoms with Gasteiger partial charge in [-0.3, -0.25) is 0 Å². The molecule has 1 aliphatic carbocycles. The van der Waals surface area contributed by atoms with Gasteiger partial charge in [-0.15, -0.1) is 0 Å². The van der Waals surface area contributed by atoms with Gasteiger partial charge in [0.25, 0.3) is 0 Å². The van der Waals surface area contributed by atoms with E-state index in [0.717, 1.165) is 83.2 Å². The van der Waals surface area contributed by atoms with Crippen molar-refractivity contribution in [3.05, 3.63) is 211 Å². The van der Waals surface area contributed by atoms with Crippen molar-refractivity contribution < 1.29 is 8.83 Å². The van der Waals surface area contributed by atoms with Crippen LogP contribution in [0.1, 0.15) is 25.0 Å². The van der Waals surface area contributed by atoms with Crippen LogP contribution in [0.3, 0.4) is 0 Å². The second kappa shape index (κ2) is 13.2. The molecular formula is C57H39NO2. The van der Waals surface area contributed by atoms with E-state index in [0.29, 0.717) is 0 Å². The molecule has 0 N–H and O–H groups in total. The third kappa shape index (κ3) is 5.15. The summed E-state index contributed by atoms with van der Waals surface area (Å²) in [6.45, 7) is 4.69. The lowest BCUT2D eigenvalue weighted by Crippen LogP contribution is -2.16. The lowest BCUT2D eigenvalue weighted by atomic mass is 9.82. The number of para-hydroxylation sites is 4. The summed E-state index contributed by atoms with van der Waals surface area (Å²) in [5.41, 5.74) is 18.6. The van der Waals surface area contributed by atoms with E-state index in [1.165, 1.54) is 33.4 Å². The molecule has 284 valence electrons. The van der Waals surface area contributed by atoms with Gasteiger partial charge >= 0.3 is 0 Å². The number of anilines is 3. The van der Waals surface area contributed by atoms with Gasteiger partial charge in [0.15, 0.2) is 0 Å². The van der Waals surface area contributed by atoms with Crippen LogP contribution in [0.25, 0.3) is 88.4 Å². The van der Waals surface area contributed by atoms with E-state index in [4.69, 9.17) is 8.83 Å². The van der Waals surface area contributed by atoms with Crippen molar-refractivity contribution in [2.45, 2.75) is 19.3 Å². The summed E-state index contributed by atoms with van der Waals surface area (Å²) < 4.78 is 13.4. The second-order valence-corrected chi connectivity index (χ2v) is 16.4. The average molecular weight is 770 g/mol. The average Bonchev–Trinajstić information content (AvgIpc) is 3.96. The molecule has 12 rings (SSSR count). The number of furan rings is 2. The Morgan fingerprint density at radius 3 is 1.55 bits per heavy atom. The van der Waals surface area contributed by atoms with Gasteiger partial charge in [-0.25, -0.2) is 0 Å². The number of nitrogens with zero attached hydrogens (tertiary/aromatic N) is 1. The molecule has 11 aromatic rings. The Labute approximate surface area is 348 Å². The lowest BCUT2D eigenvalue weighted by Gasteiger charge is -2.29. The topological polar surface area (TPSA) is 29.5 Å². The van der Waals surface area contributed by atoms with E-state index in [2.05, 4.69) is 207 Å². The summed E-state index contributed by atoms with van der Waals surface area (Å²) in [6.07, 6.45) is 0. The Bertz CT molecular complexity index is 3440. The predicted octanol–water partition coefficient (Wildman–Crippen LogP) is 16.3. The Kier molecular flexibility index (Phi) is 7.58. The van der Waals surface area contributed by atoms with Gasteiger partial charge in [-0.1, -0.05) is 178 Å². The van der Waals surface area contributed by atoms with Crippen molar-refractivity contribution in [1.82, 2.24) is 0 Å². The summed E-state index contributed by atoms with van der Waals surface area (Å²) >= 11 is 0. The second-order valence-electron chi connectivity index (χ2n) is 16.4. The van der Waals surface area contributed by atoms with Crippen molar-refractivity contribution in [2.75, 3.05) is 4.90 Å². The first-order valence-electron chi connectivity index (χ1n) is 20.7. The van der Waals surface area contributed by atoms with Crippen molar-refractivity contribution in [3.8, 4) is 44.5 Å². The first kappa shape index (κ1) is 34.4. The number of rotatable bonds is 6. The van der Waals surface area contributed by atoms with E-state index >= 15 is 0 Å². The summed E-state index contributed by atoms with van der Waals surface area (Å²) in [5, 5.41) is 4.39. The largest absolute Gasteiger partial charge is 0.455 e. The minimum Gasteiger partial charge on any atom is -0.455 e. The molecule has 2 aromatic heterocycles. The first-order chi connectivity index (χ1) is 29.5. The molecule has 3 nitrogen and oxygen atoms in total. The van der Waals surface area contributed by atoms with Gasteiger partial charge in [-0.05, 0) is 69.8 Å². The highest BCUT2D eigenvalue weighted by molar-refractivity contribution is 6.16. The maximum Gasteiger partial charge on any atom is 0.143 e. The molecule has 0 spiro atoms. The van der Waals surface area contributed by atoms with E-state index in [1.807, 2.05) is 12.1 Å².